The van der Waals surface area contributed by atoms with Crippen molar-refractivity contribution < 1.29 is 19.2 Å². The molecule has 2 aliphatic heterocycles. The lowest BCUT2D eigenvalue weighted by molar-refractivity contribution is -0.209. The summed E-state index contributed by atoms with van der Waals surface area (Å²) in [6.45, 7) is 3.32. The molecule has 1 aliphatic carbocycles. The average Bonchev–Trinajstić information content (AvgIpc) is 2.37. The molecule has 2 heterocycles. The van der Waals surface area contributed by atoms with E-state index >= 15 is 0 Å². The van der Waals surface area contributed by atoms with Crippen LogP contribution >= 0.6 is 0 Å². The number of likely N-dealkylation sites (N-methyl/N-ethyl adjacent to an activating group) is 2. The quantitative estimate of drug-likeness (QED) is 0.601. The predicted molar refractivity (Wildman–Crippen MR) is 66.4 cm³/mol. The van der Waals surface area contributed by atoms with Gasteiger partial charge in [0.05, 0.1) is 22.9 Å². The lowest BCUT2D eigenvalue weighted by Crippen LogP contribution is -2.90. The van der Waals surface area contributed by atoms with Gasteiger partial charge in [0.2, 0.25) is 11.8 Å². The van der Waals surface area contributed by atoms with Crippen molar-refractivity contribution in [2.45, 2.75) is 25.9 Å². The third-order valence-electron chi connectivity index (χ3n) is 5.42. The number of imide groups is 2. The second-order valence-electron chi connectivity index (χ2n) is 6.03. The number of carbonyl (C=O) groups excluding carboxylic acids is 4. The van der Waals surface area contributed by atoms with Gasteiger partial charge in [-0.25, -0.2) is 9.59 Å². The van der Waals surface area contributed by atoms with Gasteiger partial charge < -0.3 is 9.80 Å². The van der Waals surface area contributed by atoms with Crippen LogP contribution in [0.1, 0.15) is 13.8 Å². The molecule has 20 heavy (non-hydrogen) atoms. The molecule has 3 aliphatic rings. The van der Waals surface area contributed by atoms with E-state index in [1.807, 2.05) is 0 Å². The molecule has 3 rings (SSSR count). The van der Waals surface area contributed by atoms with Gasteiger partial charge >= 0.3 is 12.1 Å². The van der Waals surface area contributed by atoms with E-state index in [1.165, 1.54) is 9.80 Å². The number of rotatable bonds is 0. The number of hydrogen-bond acceptors (Lipinski definition) is 4. The number of fused-ring (bicyclic) bond motifs is 4. The van der Waals surface area contributed by atoms with Gasteiger partial charge in [-0.1, -0.05) is 0 Å². The van der Waals surface area contributed by atoms with Crippen molar-refractivity contribution in [2.24, 2.45) is 10.8 Å². The molecule has 6 amide bonds. The van der Waals surface area contributed by atoms with Crippen LogP contribution in [0.4, 0.5) is 9.59 Å². The van der Waals surface area contributed by atoms with Crippen LogP contribution in [-0.4, -0.2) is 59.9 Å². The summed E-state index contributed by atoms with van der Waals surface area (Å²) in [4.78, 5) is 50.9. The smallest absolute Gasteiger partial charge is 0.321 e. The normalized spacial score (nSPS) is 43.4. The van der Waals surface area contributed by atoms with Gasteiger partial charge in [-0.2, -0.15) is 0 Å². The molecule has 3 fully saturated rings. The van der Waals surface area contributed by atoms with Crippen LogP contribution in [-0.2, 0) is 9.59 Å². The average molecular weight is 280 g/mol. The van der Waals surface area contributed by atoms with Gasteiger partial charge in [0.15, 0.2) is 0 Å². The maximum absolute atomic E-state index is 12.3. The van der Waals surface area contributed by atoms with Crippen LogP contribution in [0, 0.1) is 10.8 Å². The Kier molecular flexibility index (Phi) is 2.13. The summed E-state index contributed by atoms with van der Waals surface area (Å²) in [5.41, 5.74) is -2.11. The summed E-state index contributed by atoms with van der Waals surface area (Å²) in [6, 6.07) is -2.03. The molecule has 0 radical (unpaired) electrons. The molecule has 2 saturated heterocycles. The van der Waals surface area contributed by atoms with Crippen molar-refractivity contribution in [3.8, 4) is 0 Å². The Morgan fingerprint density at radius 1 is 0.800 bits per heavy atom. The Morgan fingerprint density at radius 2 is 1.10 bits per heavy atom. The number of nitrogens with zero attached hydrogens (tertiary/aromatic N) is 2. The summed E-state index contributed by atoms with van der Waals surface area (Å²) in [5, 5.41) is 4.54. The van der Waals surface area contributed by atoms with E-state index in [0.717, 1.165) is 0 Å². The van der Waals surface area contributed by atoms with Crippen LogP contribution in [0.5, 0.6) is 0 Å². The monoisotopic (exact) mass is 280 g/mol. The van der Waals surface area contributed by atoms with Gasteiger partial charge in [-0.3, -0.25) is 20.2 Å². The molecule has 1 saturated carbocycles. The van der Waals surface area contributed by atoms with Gasteiger partial charge in [-0.15, -0.1) is 0 Å². The van der Waals surface area contributed by atoms with Gasteiger partial charge in [-0.05, 0) is 13.8 Å². The SMILES string of the molecule is CN1C(=O)NC(=O)[C@@]2(C)[C@@H]1[C@H]1N(C)C(=O)NC(=O)[C@]12C. The minimum atomic E-state index is -1.06. The molecular weight excluding hydrogens is 264 g/mol. The third kappa shape index (κ3) is 1.01. The standard InChI is InChI=1S/C12H16N4O4/c1-11-5(15(3)9(19)13-7(11)17)6-12(11,2)8(18)14-10(20)16(6)4/h5-6H,1-4H3,(H,13,17,19)(H,14,18,20)/t5-,6+,11+,12-. The van der Waals surface area contributed by atoms with E-state index in [2.05, 4.69) is 10.6 Å². The van der Waals surface area contributed by atoms with E-state index < -0.39 is 46.8 Å². The van der Waals surface area contributed by atoms with Crippen molar-refractivity contribution in [3.63, 3.8) is 0 Å². The predicted octanol–water partition coefficient (Wildman–Crippen LogP) is -0.887. The minimum absolute atomic E-state index is 0.470. The lowest BCUT2D eigenvalue weighted by atomic mass is 9.42. The van der Waals surface area contributed by atoms with Crippen LogP contribution in [0.15, 0.2) is 0 Å². The Labute approximate surface area is 115 Å². The third-order valence-corrected chi connectivity index (χ3v) is 5.42. The highest BCUT2D eigenvalue weighted by molar-refractivity contribution is 6.10. The first-order valence-corrected chi connectivity index (χ1v) is 6.34. The van der Waals surface area contributed by atoms with Crippen molar-refractivity contribution in [2.75, 3.05) is 14.1 Å². The summed E-state index contributed by atoms with van der Waals surface area (Å²) in [6.07, 6.45) is 0. The zero-order valence-electron chi connectivity index (χ0n) is 11.7. The first-order chi connectivity index (χ1) is 9.17. The van der Waals surface area contributed by atoms with Crippen molar-refractivity contribution in [1.82, 2.24) is 20.4 Å². The number of carbonyl (C=O) groups is 4. The summed E-state index contributed by atoms with van der Waals surface area (Å²) >= 11 is 0. The van der Waals surface area contributed by atoms with E-state index in [4.69, 9.17) is 0 Å². The maximum atomic E-state index is 12.3. The topological polar surface area (TPSA) is 98.8 Å². The van der Waals surface area contributed by atoms with Crippen LogP contribution in [0.25, 0.3) is 0 Å². The highest BCUT2D eigenvalue weighted by Gasteiger charge is 2.80. The highest BCUT2D eigenvalue weighted by atomic mass is 16.2. The van der Waals surface area contributed by atoms with E-state index in [9.17, 15) is 19.2 Å². The van der Waals surface area contributed by atoms with Gasteiger partial charge in [0.25, 0.3) is 0 Å². The van der Waals surface area contributed by atoms with E-state index in [1.54, 1.807) is 27.9 Å². The molecule has 8 nitrogen and oxygen atoms in total. The first-order valence-electron chi connectivity index (χ1n) is 6.34. The molecule has 2 N–H and O–H groups in total. The minimum Gasteiger partial charge on any atom is -0.321 e. The van der Waals surface area contributed by atoms with E-state index in [-0.39, 0.29) is 0 Å². The number of hydrogen-bond donors (Lipinski definition) is 2. The van der Waals surface area contributed by atoms with E-state index in [0.29, 0.717) is 0 Å². The Bertz CT molecular complexity index is 526. The van der Waals surface area contributed by atoms with Crippen LogP contribution in [0.2, 0.25) is 0 Å². The fourth-order valence-corrected chi connectivity index (χ4v) is 3.97. The lowest BCUT2D eigenvalue weighted by Gasteiger charge is -2.70. The molecule has 0 aromatic rings. The summed E-state index contributed by atoms with van der Waals surface area (Å²) in [7, 11) is 3.13. The maximum Gasteiger partial charge on any atom is 0.324 e. The molecule has 8 heteroatoms. The summed E-state index contributed by atoms with van der Waals surface area (Å²) in [5.74, 6) is -0.940. The zero-order valence-corrected chi connectivity index (χ0v) is 11.7. The Hall–Kier alpha value is -2.12. The molecule has 108 valence electrons. The molecular formula is C12H16N4O4. The van der Waals surface area contributed by atoms with Gasteiger partial charge in [0.1, 0.15) is 0 Å². The number of urea groups is 2. The van der Waals surface area contributed by atoms with Crippen LogP contribution in [0.3, 0.4) is 0 Å². The fourth-order valence-electron chi connectivity index (χ4n) is 3.97. The second kappa shape index (κ2) is 3.31. The largest absolute Gasteiger partial charge is 0.324 e. The second-order valence-corrected chi connectivity index (χ2v) is 6.03. The Morgan fingerprint density at radius 3 is 1.40 bits per heavy atom. The number of nitrogens with one attached hydrogen (secondary N) is 2. The number of amides is 6. The zero-order chi connectivity index (χ0) is 15.0. The highest BCUT2D eigenvalue weighted by Crippen LogP contribution is 2.62. The molecule has 0 aromatic carbocycles. The van der Waals surface area contributed by atoms with Gasteiger partial charge in [0, 0.05) is 14.1 Å². The molecule has 0 bridgehead atoms. The first kappa shape index (κ1) is 12.9. The van der Waals surface area contributed by atoms with Crippen LogP contribution < -0.4 is 10.6 Å². The summed E-state index contributed by atoms with van der Waals surface area (Å²) < 4.78 is 0. The van der Waals surface area contributed by atoms with Crippen molar-refractivity contribution >= 4 is 23.9 Å². The molecule has 0 spiro atoms. The molecule has 4 atom stereocenters. The molecule has 0 unspecified atom stereocenters. The van der Waals surface area contributed by atoms with Crippen molar-refractivity contribution in [3.05, 3.63) is 0 Å². The van der Waals surface area contributed by atoms with Crippen molar-refractivity contribution in [1.29, 1.82) is 0 Å². The Balaban J connectivity index is 2.15. The molecule has 0 aromatic heterocycles. The fraction of sp³-hybridized carbons (Fsp3) is 0.667.